The maximum atomic E-state index is 4.81. The molecular weight excluding hydrogens is 164 g/mol. The van der Waals surface area contributed by atoms with E-state index in [4.69, 9.17) is 4.52 Å². The van der Waals surface area contributed by atoms with Gasteiger partial charge in [-0.1, -0.05) is 23.4 Å². The number of hydrogen-bond donors (Lipinski definition) is 0. The number of hydrogen-bond acceptors (Lipinski definition) is 3. The van der Waals surface area contributed by atoms with Crippen LogP contribution in [0.25, 0.3) is 22.2 Å². The fourth-order valence-corrected chi connectivity index (χ4v) is 1.52. The van der Waals surface area contributed by atoms with E-state index in [2.05, 4.69) is 10.1 Å². The number of nitrogens with zero attached hydrogens (tertiary/aromatic N) is 2. The molecule has 0 unspecified atom stereocenters. The number of rotatable bonds is 0. The normalized spacial score (nSPS) is 11.1. The molecule has 3 nitrogen and oxygen atoms in total. The standard InChI is InChI=1S/C10H6N2O/c1-2-4-9-7(3-1)8-5-11-13-6-10(8)12-9/h1-6H. The highest BCUT2D eigenvalue weighted by Crippen LogP contribution is 2.29. The minimum absolute atomic E-state index is 0.858. The summed E-state index contributed by atoms with van der Waals surface area (Å²) in [6, 6.07) is 7.98. The van der Waals surface area contributed by atoms with E-state index in [9.17, 15) is 0 Å². The second-order valence-electron chi connectivity index (χ2n) is 2.89. The predicted molar refractivity (Wildman–Crippen MR) is 48.4 cm³/mol. The van der Waals surface area contributed by atoms with Gasteiger partial charge >= 0.3 is 0 Å². The molecule has 0 aliphatic carbocycles. The lowest BCUT2D eigenvalue weighted by Gasteiger charge is -1.91. The zero-order valence-corrected chi connectivity index (χ0v) is 6.77. The Bertz CT molecular complexity index is 529. The smallest absolute Gasteiger partial charge is 0.148 e. The van der Waals surface area contributed by atoms with Crippen molar-refractivity contribution in [1.29, 1.82) is 0 Å². The average Bonchev–Trinajstić information content (AvgIpc) is 2.56. The third-order valence-electron chi connectivity index (χ3n) is 2.12. The van der Waals surface area contributed by atoms with E-state index in [0.717, 1.165) is 22.2 Å². The fourth-order valence-electron chi connectivity index (χ4n) is 1.52. The Morgan fingerprint density at radius 3 is 3.08 bits per heavy atom. The largest absolute Gasteiger partial charge is 0.363 e. The predicted octanol–water partition coefficient (Wildman–Crippen LogP) is 2.33. The van der Waals surface area contributed by atoms with Crippen LogP contribution >= 0.6 is 0 Å². The molecule has 0 amide bonds. The molecule has 13 heavy (non-hydrogen) atoms. The highest BCUT2D eigenvalue weighted by Gasteiger charge is 2.10. The van der Waals surface area contributed by atoms with E-state index >= 15 is 0 Å². The van der Waals surface area contributed by atoms with Crippen LogP contribution in [0, 0.1) is 0 Å². The molecule has 2 aliphatic rings. The third kappa shape index (κ3) is 0.839. The summed E-state index contributed by atoms with van der Waals surface area (Å²) >= 11 is 0. The van der Waals surface area contributed by atoms with Crippen molar-refractivity contribution in [3.05, 3.63) is 36.7 Å². The Hall–Kier alpha value is -1.90. The molecule has 0 saturated carbocycles. The molecule has 0 fully saturated rings. The molecule has 1 aromatic rings. The maximum absolute atomic E-state index is 4.81. The molecule has 2 aliphatic heterocycles. The van der Waals surface area contributed by atoms with Gasteiger partial charge in [-0.3, -0.25) is 0 Å². The van der Waals surface area contributed by atoms with Crippen LogP contribution in [-0.4, -0.2) is 10.1 Å². The molecule has 0 bridgehead atoms. The van der Waals surface area contributed by atoms with Gasteiger partial charge in [-0.15, -0.1) is 0 Å². The minimum atomic E-state index is 0.858. The van der Waals surface area contributed by atoms with Crippen LogP contribution < -0.4 is 0 Å². The quantitative estimate of drug-likeness (QED) is 0.519. The third-order valence-corrected chi connectivity index (χ3v) is 2.12. The van der Waals surface area contributed by atoms with E-state index in [0.29, 0.717) is 0 Å². The molecular formula is C10H6N2O. The van der Waals surface area contributed by atoms with Crippen LogP contribution in [-0.2, 0) is 0 Å². The van der Waals surface area contributed by atoms with E-state index in [-0.39, 0.29) is 0 Å². The molecule has 0 aromatic heterocycles. The lowest BCUT2D eigenvalue weighted by molar-refractivity contribution is 0.400. The van der Waals surface area contributed by atoms with Crippen LogP contribution in [0.4, 0.5) is 0 Å². The zero-order chi connectivity index (χ0) is 8.67. The maximum Gasteiger partial charge on any atom is 0.148 e. The first-order chi connectivity index (χ1) is 6.45. The van der Waals surface area contributed by atoms with E-state index < -0.39 is 0 Å². The molecule has 2 heterocycles. The van der Waals surface area contributed by atoms with Crippen LogP contribution in [0.2, 0.25) is 0 Å². The Morgan fingerprint density at radius 1 is 1.15 bits per heavy atom. The molecule has 0 saturated heterocycles. The van der Waals surface area contributed by atoms with Crippen LogP contribution in [0.3, 0.4) is 0 Å². The summed E-state index contributed by atoms with van der Waals surface area (Å²) in [4.78, 5) is 4.38. The molecule has 1 aromatic carbocycles. The number of aromatic nitrogens is 2. The number of fused-ring (bicyclic) bond motifs is 3. The molecule has 0 atom stereocenters. The Morgan fingerprint density at radius 2 is 2.08 bits per heavy atom. The highest BCUT2D eigenvalue weighted by molar-refractivity contribution is 5.96. The van der Waals surface area contributed by atoms with Crippen LogP contribution in [0.1, 0.15) is 0 Å². The topological polar surface area (TPSA) is 38.9 Å². The number of benzene rings is 1. The van der Waals surface area contributed by atoms with Gasteiger partial charge in [-0.25, -0.2) is 4.98 Å². The summed E-state index contributed by atoms with van der Waals surface area (Å²) in [6.45, 7) is 0. The second-order valence-corrected chi connectivity index (χ2v) is 2.89. The van der Waals surface area contributed by atoms with Gasteiger partial charge in [0.05, 0.1) is 11.7 Å². The van der Waals surface area contributed by atoms with E-state index in [1.165, 1.54) is 0 Å². The molecule has 0 spiro atoms. The van der Waals surface area contributed by atoms with Crippen molar-refractivity contribution in [2.24, 2.45) is 0 Å². The van der Waals surface area contributed by atoms with Gasteiger partial charge in [0.2, 0.25) is 0 Å². The first-order valence-corrected chi connectivity index (χ1v) is 4.03. The van der Waals surface area contributed by atoms with Gasteiger partial charge in [0.25, 0.3) is 0 Å². The Balaban J connectivity index is 2.56. The first kappa shape index (κ1) is 6.60. The molecule has 3 heteroatoms. The van der Waals surface area contributed by atoms with Crippen molar-refractivity contribution in [3.8, 4) is 11.3 Å². The van der Waals surface area contributed by atoms with Crippen molar-refractivity contribution in [3.63, 3.8) is 0 Å². The molecule has 3 rings (SSSR count). The van der Waals surface area contributed by atoms with E-state index in [1.54, 1.807) is 12.5 Å². The summed E-state index contributed by atoms with van der Waals surface area (Å²) in [5.41, 5.74) is 2.89. The SMILES string of the molecule is c1ccc2c3cnocc-3nc2c1. The Kier molecular flexibility index (Phi) is 1.16. The van der Waals surface area contributed by atoms with Crippen LogP contribution in [0.5, 0.6) is 0 Å². The lowest BCUT2D eigenvalue weighted by atomic mass is 10.1. The first-order valence-electron chi connectivity index (χ1n) is 4.03. The van der Waals surface area contributed by atoms with Gasteiger partial charge in [0.1, 0.15) is 12.0 Å². The van der Waals surface area contributed by atoms with Crippen molar-refractivity contribution in [2.75, 3.05) is 0 Å². The fraction of sp³-hybridized carbons (Fsp3) is 0. The molecule has 62 valence electrons. The van der Waals surface area contributed by atoms with Crippen molar-refractivity contribution in [2.45, 2.75) is 0 Å². The zero-order valence-electron chi connectivity index (χ0n) is 6.77. The summed E-state index contributed by atoms with van der Waals surface area (Å²) < 4.78 is 4.81. The highest BCUT2D eigenvalue weighted by atomic mass is 16.4. The van der Waals surface area contributed by atoms with Gasteiger partial charge < -0.3 is 4.52 Å². The van der Waals surface area contributed by atoms with Gasteiger partial charge in [-0.2, -0.15) is 0 Å². The summed E-state index contributed by atoms with van der Waals surface area (Å²) in [7, 11) is 0. The minimum Gasteiger partial charge on any atom is -0.363 e. The van der Waals surface area contributed by atoms with Gasteiger partial charge in [-0.05, 0) is 6.07 Å². The van der Waals surface area contributed by atoms with Crippen LogP contribution in [0.15, 0.2) is 41.2 Å². The molecule has 0 radical (unpaired) electrons. The molecule has 0 N–H and O–H groups in total. The average molecular weight is 170 g/mol. The Labute approximate surface area is 74.3 Å². The second kappa shape index (κ2) is 2.29. The summed E-state index contributed by atoms with van der Waals surface area (Å²) in [5.74, 6) is 0. The van der Waals surface area contributed by atoms with Crippen molar-refractivity contribution >= 4 is 10.9 Å². The summed E-state index contributed by atoms with van der Waals surface area (Å²) in [5, 5.41) is 4.85. The van der Waals surface area contributed by atoms with Gasteiger partial charge in [0, 0.05) is 10.9 Å². The van der Waals surface area contributed by atoms with Crippen molar-refractivity contribution in [1.82, 2.24) is 10.1 Å². The number of para-hydroxylation sites is 1. The van der Waals surface area contributed by atoms with Crippen molar-refractivity contribution < 1.29 is 4.52 Å². The summed E-state index contributed by atoms with van der Waals surface area (Å²) in [6.07, 6.45) is 3.26. The van der Waals surface area contributed by atoms with Gasteiger partial charge in [0.15, 0.2) is 0 Å². The van der Waals surface area contributed by atoms with E-state index in [1.807, 2.05) is 24.3 Å². The monoisotopic (exact) mass is 170 g/mol. The lowest BCUT2D eigenvalue weighted by Crippen LogP contribution is -1.76.